The van der Waals surface area contributed by atoms with Gasteiger partial charge in [-0.3, -0.25) is 0 Å². The number of thiophene rings is 1. The summed E-state index contributed by atoms with van der Waals surface area (Å²) in [4.78, 5) is 0. The second kappa shape index (κ2) is 4.40. The van der Waals surface area contributed by atoms with Crippen molar-refractivity contribution in [3.8, 4) is 0 Å². The molecule has 0 radical (unpaired) electrons. The SMILES string of the molecule is Fc1ccc(NCc2ccsc2)c(F)c1. The molecule has 15 heavy (non-hydrogen) atoms. The molecule has 0 saturated carbocycles. The van der Waals surface area contributed by atoms with Crippen molar-refractivity contribution < 1.29 is 8.78 Å². The predicted molar refractivity (Wildman–Crippen MR) is 58.0 cm³/mol. The molecule has 0 saturated heterocycles. The third-order valence-electron chi connectivity index (χ3n) is 1.99. The maximum Gasteiger partial charge on any atom is 0.149 e. The van der Waals surface area contributed by atoms with Crippen molar-refractivity contribution in [1.82, 2.24) is 0 Å². The summed E-state index contributed by atoms with van der Waals surface area (Å²) in [5.74, 6) is -1.13. The van der Waals surface area contributed by atoms with Gasteiger partial charge in [-0.15, -0.1) is 0 Å². The molecule has 1 aromatic carbocycles. The van der Waals surface area contributed by atoms with Crippen LogP contribution in [0.25, 0.3) is 0 Å². The largest absolute Gasteiger partial charge is 0.379 e. The highest BCUT2D eigenvalue weighted by atomic mass is 32.1. The van der Waals surface area contributed by atoms with Crippen LogP contribution < -0.4 is 5.32 Å². The summed E-state index contributed by atoms with van der Waals surface area (Å²) < 4.78 is 25.8. The van der Waals surface area contributed by atoms with Crippen molar-refractivity contribution in [3.05, 3.63) is 52.2 Å². The zero-order valence-electron chi connectivity index (χ0n) is 7.84. The van der Waals surface area contributed by atoms with Gasteiger partial charge >= 0.3 is 0 Å². The van der Waals surface area contributed by atoms with Gasteiger partial charge in [0.05, 0.1) is 5.69 Å². The molecule has 0 amide bonds. The van der Waals surface area contributed by atoms with Gasteiger partial charge in [-0.25, -0.2) is 8.78 Å². The van der Waals surface area contributed by atoms with Gasteiger partial charge < -0.3 is 5.32 Å². The fourth-order valence-electron chi connectivity index (χ4n) is 1.22. The Kier molecular flexibility index (Phi) is 2.97. The van der Waals surface area contributed by atoms with Crippen LogP contribution in [0.3, 0.4) is 0 Å². The second-order valence-corrected chi connectivity index (χ2v) is 3.89. The van der Waals surface area contributed by atoms with Crippen LogP contribution in [0.1, 0.15) is 5.56 Å². The number of benzene rings is 1. The van der Waals surface area contributed by atoms with Crippen LogP contribution in [0.15, 0.2) is 35.0 Å². The molecule has 4 heteroatoms. The van der Waals surface area contributed by atoms with E-state index in [1.165, 1.54) is 12.1 Å². The van der Waals surface area contributed by atoms with E-state index in [0.29, 0.717) is 12.2 Å². The molecular formula is C11H9F2NS. The molecule has 1 N–H and O–H groups in total. The Balaban J connectivity index is 2.05. The van der Waals surface area contributed by atoms with Crippen molar-refractivity contribution in [2.24, 2.45) is 0 Å². The van der Waals surface area contributed by atoms with Crippen LogP contribution in [0.5, 0.6) is 0 Å². The van der Waals surface area contributed by atoms with E-state index in [-0.39, 0.29) is 0 Å². The van der Waals surface area contributed by atoms with Gasteiger partial charge in [0.25, 0.3) is 0 Å². The summed E-state index contributed by atoms with van der Waals surface area (Å²) >= 11 is 1.59. The molecule has 1 heterocycles. The van der Waals surface area contributed by atoms with Crippen LogP contribution >= 0.6 is 11.3 Å². The van der Waals surface area contributed by atoms with Crippen molar-refractivity contribution in [2.45, 2.75) is 6.54 Å². The van der Waals surface area contributed by atoms with Gasteiger partial charge in [0.2, 0.25) is 0 Å². The smallest absolute Gasteiger partial charge is 0.149 e. The molecule has 0 bridgehead atoms. The quantitative estimate of drug-likeness (QED) is 0.841. The maximum absolute atomic E-state index is 13.2. The first-order valence-electron chi connectivity index (χ1n) is 4.46. The number of halogens is 2. The second-order valence-electron chi connectivity index (χ2n) is 3.11. The fraction of sp³-hybridized carbons (Fsp3) is 0.0909. The number of rotatable bonds is 3. The molecule has 2 rings (SSSR count). The topological polar surface area (TPSA) is 12.0 Å². The number of nitrogens with one attached hydrogen (secondary N) is 1. The van der Waals surface area contributed by atoms with Gasteiger partial charge in [-0.1, -0.05) is 0 Å². The number of anilines is 1. The molecule has 0 spiro atoms. The minimum absolute atomic E-state index is 0.322. The molecule has 1 nitrogen and oxygen atoms in total. The number of hydrogen-bond donors (Lipinski definition) is 1. The van der Waals surface area contributed by atoms with Crippen molar-refractivity contribution in [2.75, 3.05) is 5.32 Å². The highest BCUT2D eigenvalue weighted by Crippen LogP contribution is 2.16. The average molecular weight is 225 g/mol. The molecule has 0 aliphatic rings. The van der Waals surface area contributed by atoms with Crippen molar-refractivity contribution in [1.29, 1.82) is 0 Å². The minimum atomic E-state index is -0.565. The van der Waals surface area contributed by atoms with Gasteiger partial charge in [0.1, 0.15) is 11.6 Å². The first kappa shape index (κ1) is 10.1. The Morgan fingerprint density at radius 3 is 2.73 bits per heavy atom. The standard InChI is InChI=1S/C11H9F2NS/c12-9-1-2-11(10(13)5-9)14-6-8-3-4-15-7-8/h1-5,7,14H,6H2. The van der Waals surface area contributed by atoms with Crippen LogP contribution in [0.4, 0.5) is 14.5 Å². The monoisotopic (exact) mass is 225 g/mol. The summed E-state index contributed by atoms with van der Waals surface area (Å²) in [6, 6.07) is 5.46. The van der Waals surface area contributed by atoms with Crippen molar-refractivity contribution in [3.63, 3.8) is 0 Å². The predicted octanol–water partition coefficient (Wildman–Crippen LogP) is 3.64. The van der Waals surface area contributed by atoms with E-state index in [1.54, 1.807) is 11.3 Å². The van der Waals surface area contributed by atoms with E-state index < -0.39 is 11.6 Å². The Hall–Kier alpha value is -1.42. The van der Waals surface area contributed by atoms with Gasteiger partial charge in [0.15, 0.2) is 0 Å². The summed E-state index contributed by atoms with van der Waals surface area (Å²) in [5.41, 5.74) is 1.41. The lowest BCUT2D eigenvalue weighted by atomic mass is 10.2. The van der Waals surface area contributed by atoms with E-state index in [0.717, 1.165) is 11.6 Å². The van der Waals surface area contributed by atoms with Crippen LogP contribution in [-0.2, 0) is 6.54 Å². The van der Waals surface area contributed by atoms with E-state index in [1.807, 2.05) is 16.8 Å². The van der Waals surface area contributed by atoms with E-state index in [9.17, 15) is 8.78 Å². The molecular weight excluding hydrogens is 216 g/mol. The van der Waals surface area contributed by atoms with Crippen LogP contribution in [0, 0.1) is 11.6 Å². The molecule has 1 aromatic heterocycles. The number of hydrogen-bond acceptors (Lipinski definition) is 2. The van der Waals surface area contributed by atoms with Gasteiger partial charge in [-0.05, 0) is 34.5 Å². The Labute approximate surface area is 90.4 Å². The molecule has 0 aliphatic carbocycles. The van der Waals surface area contributed by atoms with E-state index in [2.05, 4.69) is 5.32 Å². The normalized spacial score (nSPS) is 10.3. The highest BCUT2D eigenvalue weighted by Gasteiger charge is 2.02. The molecule has 0 unspecified atom stereocenters. The summed E-state index contributed by atoms with van der Waals surface area (Å²) in [6.07, 6.45) is 0. The molecule has 78 valence electrons. The first-order chi connectivity index (χ1) is 7.25. The Morgan fingerprint density at radius 2 is 2.07 bits per heavy atom. The Bertz CT molecular complexity index is 440. The lowest BCUT2D eigenvalue weighted by Crippen LogP contribution is -2.00. The summed E-state index contributed by atoms with van der Waals surface area (Å²) in [5, 5.41) is 6.84. The lowest BCUT2D eigenvalue weighted by molar-refractivity contribution is 0.585. The summed E-state index contributed by atoms with van der Waals surface area (Å²) in [6.45, 7) is 0.548. The van der Waals surface area contributed by atoms with Crippen molar-refractivity contribution >= 4 is 17.0 Å². The zero-order valence-corrected chi connectivity index (χ0v) is 8.65. The van der Waals surface area contributed by atoms with E-state index in [4.69, 9.17) is 0 Å². The molecule has 2 aromatic rings. The first-order valence-corrected chi connectivity index (χ1v) is 5.40. The molecule has 0 aliphatic heterocycles. The minimum Gasteiger partial charge on any atom is -0.379 e. The average Bonchev–Trinajstić information content (AvgIpc) is 2.69. The van der Waals surface area contributed by atoms with E-state index >= 15 is 0 Å². The van der Waals surface area contributed by atoms with Gasteiger partial charge in [-0.2, -0.15) is 11.3 Å². The maximum atomic E-state index is 13.2. The third kappa shape index (κ3) is 2.53. The summed E-state index contributed by atoms with van der Waals surface area (Å²) in [7, 11) is 0. The van der Waals surface area contributed by atoms with Gasteiger partial charge in [0, 0.05) is 12.6 Å². The van der Waals surface area contributed by atoms with Crippen LogP contribution in [-0.4, -0.2) is 0 Å². The highest BCUT2D eigenvalue weighted by molar-refractivity contribution is 7.07. The lowest BCUT2D eigenvalue weighted by Gasteiger charge is -2.05. The van der Waals surface area contributed by atoms with Crippen LogP contribution in [0.2, 0.25) is 0 Å². The third-order valence-corrected chi connectivity index (χ3v) is 2.73. The molecule has 0 atom stereocenters. The zero-order chi connectivity index (χ0) is 10.7. The fourth-order valence-corrected chi connectivity index (χ4v) is 1.89. The Morgan fingerprint density at radius 1 is 1.20 bits per heavy atom. The molecule has 0 fully saturated rings.